The lowest BCUT2D eigenvalue weighted by Crippen LogP contribution is -2.41. The van der Waals surface area contributed by atoms with Gasteiger partial charge >= 0.3 is 0 Å². The van der Waals surface area contributed by atoms with Crippen LogP contribution in [0.4, 0.5) is 5.82 Å². The van der Waals surface area contributed by atoms with E-state index >= 15 is 0 Å². The van der Waals surface area contributed by atoms with Crippen molar-refractivity contribution in [2.45, 2.75) is 63.9 Å². The number of aryl methyl sites for hydroxylation is 1. The molecule has 1 aliphatic carbocycles. The fourth-order valence-corrected chi connectivity index (χ4v) is 4.81. The van der Waals surface area contributed by atoms with Crippen LogP contribution in [0.5, 0.6) is 0 Å². The zero-order chi connectivity index (χ0) is 15.6. The molecule has 1 saturated carbocycles. The molecule has 0 unspecified atom stereocenters. The van der Waals surface area contributed by atoms with Gasteiger partial charge in [-0.05, 0) is 25.7 Å². The molecule has 0 aliphatic heterocycles. The van der Waals surface area contributed by atoms with E-state index < -0.39 is 10.0 Å². The van der Waals surface area contributed by atoms with Crippen molar-refractivity contribution in [2.75, 3.05) is 12.3 Å². The van der Waals surface area contributed by atoms with E-state index in [0.29, 0.717) is 13.1 Å². The summed E-state index contributed by atoms with van der Waals surface area (Å²) in [6, 6.07) is 0.0989. The number of hydrogen-bond acceptors (Lipinski definition) is 4. The second kappa shape index (κ2) is 6.36. The highest BCUT2D eigenvalue weighted by atomic mass is 32.2. The van der Waals surface area contributed by atoms with Crippen molar-refractivity contribution >= 4 is 15.8 Å². The van der Waals surface area contributed by atoms with Crippen LogP contribution in [0.15, 0.2) is 11.1 Å². The summed E-state index contributed by atoms with van der Waals surface area (Å²) in [7, 11) is -3.57. The Hall–Kier alpha value is -1.08. The molecule has 0 radical (unpaired) electrons. The third kappa shape index (κ3) is 3.40. The van der Waals surface area contributed by atoms with Crippen molar-refractivity contribution < 1.29 is 8.42 Å². The number of aromatic nitrogens is 2. The number of sulfonamides is 1. The van der Waals surface area contributed by atoms with Gasteiger partial charge in [-0.25, -0.2) is 8.42 Å². The first-order chi connectivity index (χ1) is 9.86. The minimum Gasteiger partial charge on any atom is -0.381 e. The van der Waals surface area contributed by atoms with Crippen LogP contribution in [0.3, 0.4) is 0 Å². The molecular formula is C14H26N4O2S. The van der Waals surface area contributed by atoms with Gasteiger partial charge in [0.05, 0.1) is 0 Å². The molecule has 0 atom stereocenters. The van der Waals surface area contributed by atoms with E-state index in [4.69, 9.17) is 5.73 Å². The molecule has 0 saturated heterocycles. The molecular weight excluding hydrogens is 288 g/mol. The zero-order valence-electron chi connectivity index (χ0n) is 13.1. The molecule has 0 spiro atoms. The molecule has 1 heterocycles. The molecule has 120 valence electrons. The van der Waals surface area contributed by atoms with Crippen LogP contribution in [0.25, 0.3) is 0 Å². The Morgan fingerprint density at radius 2 is 2.05 bits per heavy atom. The van der Waals surface area contributed by atoms with Crippen molar-refractivity contribution in [1.29, 1.82) is 0 Å². The zero-order valence-corrected chi connectivity index (χ0v) is 13.9. The van der Waals surface area contributed by atoms with Gasteiger partial charge in [-0.15, -0.1) is 0 Å². The molecule has 1 aliphatic rings. The third-order valence-electron chi connectivity index (χ3n) is 3.94. The lowest BCUT2D eigenvalue weighted by atomic mass is 10.2. The van der Waals surface area contributed by atoms with Gasteiger partial charge in [-0.1, -0.05) is 26.7 Å². The predicted molar refractivity (Wildman–Crippen MR) is 83.3 cm³/mol. The Labute approximate surface area is 127 Å². The minimum atomic E-state index is -3.57. The first kappa shape index (κ1) is 16.3. The molecule has 1 fully saturated rings. The van der Waals surface area contributed by atoms with E-state index in [9.17, 15) is 8.42 Å². The maximum Gasteiger partial charge on any atom is 0.248 e. The SMILES string of the molecule is CCn1cc(S(=O)(=O)N(CC(C)C)C2CCCC2)c(N)n1. The van der Waals surface area contributed by atoms with Gasteiger partial charge in [0.2, 0.25) is 10.0 Å². The van der Waals surface area contributed by atoms with E-state index in [1.54, 1.807) is 15.2 Å². The number of rotatable bonds is 6. The second-order valence-electron chi connectivity index (χ2n) is 6.14. The Morgan fingerprint density at radius 1 is 1.43 bits per heavy atom. The monoisotopic (exact) mass is 314 g/mol. The average Bonchev–Trinajstić information content (AvgIpc) is 3.04. The summed E-state index contributed by atoms with van der Waals surface area (Å²) in [4.78, 5) is 0.150. The molecule has 1 aromatic rings. The molecule has 0 amide bonds. The smallest absolute Gasteiger partial charge is 0.248 e. The fraction of sp³-hybridized carbons (Fsp3) is 0.786. The van der Waals surface area contributed by atoms with Crippen molar-refractivity contribution in [3.63, 3.8) is 0 Å². The number of hydrogen-bond donors (Lipinski definition) is 1. The maximum absolute atomic E-state index is 13.0. The number of nitrogen functional groups attached to an aromatic ring is 1. The van der Waals surface area contributed by atoms with Crippen LogP contribution < -0.4 is 5.73 Å². The topological polar surface area (TPSA) is 81.2 Å². The van der Waals surface area contributed by atoms with E-state index in [0.717, 1.165) is 25.7 Å². The lowest BCUT2D eigenvalue weighted by molar-refractivity contribution is 0.292. The van der Waals surface area contributed by atoms with Crippen LogP contribution >= 0.6 is 0 Å². The van der Waals surface area contributed by atoms with Crippen molar-refractivity contribution in [2.24, 2.45) is 5.92 Å². The highest BCUT2D eigenvalue weighted by Crippen LogP contribution is 2.31. The Balaban J connectivity index is 2.38. The highest BCUT2D eigenvalue weighted by molar-refractivity contribution is 7.89. The summed E-state index contributed by atoms with van der Waals surface area (Å²) in [5.74, 6) is 0.381. The second-order valence-corrected chi connectivity index (χ2v) is 8.00. The Morgan fingerprint density at radius 3 is 2.52 bits per heavy atom. The highest BCUT2D eigenvalue weighted by Gasteiger charge is 2.35. The minimum absolute atomic E-state index is 0.0989. The predicted octanol–water partition coefficient (Wildman–Crippen LogP) is 2.07. The van der Waals surface area contributed by atoms with Crippen molar-refractivity contribution in [3.05, 3.63) is 6.20 Å². The molecule has 0 bridgehead atoms. The molecule has 6 nitrogen and oxygen atoms in total. The van der Waals surface area contributed by atoms with Crippen LogP contribution in [0.1, 0.15) is 46.5 Å². The molecule has 7 heteroatoms. The summed E-state index contributed by atoms with van der Waals surface area (Å²) in [5.41, 5.74) is 5.83. The summed E-state index contributed by atoms with van der Waals surface area (Å²) < 4.78 is 29.2. The molecule has 0 aromatic carbocycles. The first-order valence-electron chi connectivity index (χ1n) is 7.71. The van der Waals surface area contributed by atoms with Gasteiger partial charge < -0.3 is 5.73 Å². The number of nitrogens with zero attached hydrogens (tertiary/aromatic N) is 3. The van der Waals surface area contributed by atoms with Crippen LogP contribution in [0, 0.1) is 5.92 Å². The van der Waals surface area contributed by atoms with Crippen molar-refractivity contribution in [3.8, 4) is 0 Å². The summed E-state index contributed by atoms with van der Waals surface area (Å²) in [5, 5.41) is 4.07. The van der Waals surface area contributed by atoms with E-state index in [-0.39, 0.29) is 22.7 Å². The van der Waals surface area contributed by atoms with Crippen LogP contribution in [-0.2, 0) is 16.6 Å². The summed E-state index contributed by atoms with van der Waals surface area (Å²) in [6.07, 6.45) is 5.62. The normalized spacial score (nSPS) is 17.2. The van der Waals surface area contributed by atoms with E-state index in [1.807, 2.05) is 20.8 Å². The average molecular weight is 314 g/mol. The number of anilines is 1. The van der Waals surface area contributed by atoms with Gasteiger partial charge in [0, 0.05) is 25.3 Å². The van der Waals surface area contributed by atoms with Gasteiger partial charge in [-0.3, -0.25) is 4.68 Å². The molecule has 2 N–H and O–H groups in total. The Bertz CT molecular complexity index is 574. The molecule has 21 heavy (non-hydrogen) atoms. The van der Waals surface area contributed by atoms with E-state index in [1.165, 1.54) is 0 Å². The van der Waals surface area contributed by atoms with E-state index in [2.05, 4.69) is 5.10 Å². The number of nitrogens with two attached hydrogens (primary N) is 1. The van der Waals surface area contributed by atoms with Gasteiger partial charge in [0.15, 0.2) is 5.82 Å². The maximum atomic E-state index is 13.0. The standard InChI is InChI=1S/C14H26N4O2S/c1-4-17-10-13(14(15)16-17)21(19,20)18(9-11(2)3)12-7-5-6-8-12/h10-12H,4-9H2,1-3H3,(H2,15,16). The molecule has 1 aromatic heterocycles. The van der Waals surface area contributed by atoms with Gasteiger partial charge in [0.1, 0.15) is 4.90 Å². The fourth-order valence-electron chi connectivity index (χ4n) is 2.90. The van der Waals surface area contributed by atoms with Crippen LogP contribution in [-0.4, -0.2) is 35.1 Å². The Kier molecular flexibility index (Phi) is 4.93. The molecule has 2 rings (SSSR count). The quantitative estimate of drug-likeness (QED) is 0.871. The first-order valence-corrected chi connectivity index (χ1v) is 9.15. The largest absolute Gasteiger partial charge is 0.381 e. The summed E-state index contributed by atoms with van der Waals surface area (Å²) >= 11 is 0. The van der Waals surface area contributed by atoms with Gasteiger partial charge in [-0.2, -0.15) is 9.40 Å². The lowest BCUT2D eigenvalue weighted by Gasteiger charge is -2.29. The third-order valence-corrected chi connectivity index (χ3v) is 5.88. The van der Waals surface area contributed by atoms with Crippen molar-refractivity contribution in [1.82, 2.24) is 14.1 Å². The van der Waals surface area contributed by atoms with Crippen LogP contribution in [0.2, 0.25) is 0 Å². The summed E-state index contributed by atoms with van der Waals surface area (Å²) in [6.45, 7) is 7.12. The van der Waals surface area contributed by atoms with Gasteiger partial charge in [0.25, 0.3) is 0 Å².